The zero-order valence-corrected chi connectivity index (χ0v) is 17.2. The molecule has 0 aliphatic heterocycles. The van der Waals surface area contributed by atoms with Gasteiger partial charge in [0.05, 0.1) is 0 Å². The molecule has 2 rings (SSSR count). The number of Topliss-reactive ketones (excluding diaryl/α,β-unsaturated/α-hetero) is 1. The fourth-order valence-corrected chi connectivity index (χ4v) is 3.03. The van der Waals surface area contributed by atoms with E-state index in [-0.39, 0.29) is 18.6 Å². The molecule has 5 nitrogen and oxygen atoms in total. The summed E-state index contributed by atoms with van der Waals surface area (Å²) in [6.07, 6.45) is 0.640. The minimum absolute atomic E-state index is 0.0245. The SMILES string of the molecule is CC(C)(C)C(=O)C[C@@H](Cc1ccccc1)C(=O)N[C@@H](Cc1ccccc1)C(=O)O. The van der Waals surface area contributed by atoms with Crippen molar-refractivity contribution in [1.29, 1.82) is 0 Å². The second-order valence-electron chi connectivity index (χ2n) is 8.35. The van der Waals surface area contributed by atoms with E-state index in [4.69, 9.17) is 0 Å². The van der Waals surface area contributed by atoms with E-state index in [9.17, 15) is 19.5 Å². The lowest BCUT2D eigenvalue weighted by Crippen LogP contribution is -2.46. The first kappa shape index (κ1) is 22.3. The first-order valence-electron chi connectivity index (χ1n) is 9.81. The Morgan fingerprint density at radius 1 is 0.862 bits per heavy atom. The lowest BCUT2D eigenvalue weighted by Gasteiger charge is -2.23. The van der Waals surface area contributed by atoms with Gasteiger partial charge in [-0.25, -0.2) is 4.79 Å². The van der Waals surface area contributed by atoms with Gasteiger partial charge in [-0.1, -0.05) is 81.4 Å². The Balaban J connectivity index is 2.17. The van der Waals surface area contributed by atoms with Gasteiger partial charge >= 0.3 is 5.97 Å². The third kappa shape index (κ3) is 7.18. The molecule has 0 unspecified atom stereocenters. The predicted molar refractivity (Wildman–Crippen MR) is 112 cm³/mol. The summed E-state index contributed by atoms with van der Waals surface area (Å²) < 4.78 is 0. The van der Waals surface area contributed by atoms with E-state index >= 15 is 0 Å². The minimum Gasteiger partial charge on any atom is -0.480 e. The molecule has 0 saturated heterocycles. The molecular weight excluding hydrogens is 366 g/mol. The molecular formula is C24H29NO4. The van der Waals surface area contributed by atoms with Crippen molar-refractivity contribution in [3.05, 3.63) is 71.8 Å². The monoisotopic (exact) mass is 395 g/mol. The highest BCUT2D eigenvalue weighted by molar-refractivity contribution is 5.91. The van der Waals surface area contributed by atoms with Crippen LogP contribution in [-0.2, 0) is 27.2 Å². The molecule has 0 aliphatic rings. The van der Waals surface area contributed by atoms with Crippen LogP contribution in [0.1, 0.15) is 38.3 Å². The van der Waals surface area contributed by atoms with E-state index in [0.717, 1.165) is 11.1 Å². The number of amides is 1. The highest BCUT2D eigenvalue weighted by Gasteiger charge is 2.31. The highest BCUT2D eigenvalue weighted by atomic mass is 16.4. The number of carbonyl (C=O) groups is 3. The normalized spacial score (nSPS) is 13.3. The van der Waals surface area contributed by atoms with Gasteiger partial charge in [0.15, 0.2) is 0 Å². The maximum absolute atomic E-state index is 13.0. The molecule has 154 valence electrons. The molecule has 2 atom stereocenters. The molecule has 5 heteroatoms. The summed E-state index contributed by atoms with van der Waals surface area (Å²) in [4.78, 5) is 37.3. The van der Waals surface area contributed by atoms with Crippen LogP contribution in [0, 0.1) is 11.3 Å². The van der Waals surface area contributed by atoms with Gasteiger partial charge in [-0.3, -0.25) is 9.59 Å². The smallest absolute Gasteiger partial charge is 0.326 e. The quantitative estimate of drug-likeness (QED) is 0.679. The lowest BCUT2D eigenvalue weighted by atomic mass is 9.83. The Bertz CT molecular complexity index is 825. The maximum Gasteiger partial charge on any atom is 0.326 e. The van der Waals surface area contributed by atoms with Crippen molar-refractivity contribution in [2.24, 2.45) is 11.3 Å². The standard InChI is InChI=1S/C24H29NO4/c1-24(2,3)21(26)16-19(14-17-10-6-4-7-11-17)22(27)25-20(23(28)29)15-18-12-8-5-9-13-18/h4-13,19-20H,14-16H2,1-3H3,(H,25,27)(H,28,29)/t19-,20+/m1/s1. The van der Waals surface area contributed by atoms with E-state index in [1.807, 2.05) is 81.4 Å². The van der Waals surface area contributed by atoms with Crippen molar-refractivity contribution in [3.8, 4) is 0 Å². The average molecular weight is 395 g/mol. The Hall–Kier alpha value is -2.95. The number of benzene rings is 2. The maximum atomic E-state index is 13.0. The summed E-state index contributed by atoms with van der Waals surface area (Å²) in [6.45, 7) is 5.47. The van der Waals surface area contributed by atoms with Crippen LogP contribution in [0.5, 0.6) is 0 Å². The largest absolute Gasteiger partial charge is 0.480 e. The van der Waals surface area contributed by atoms with Gasteiger partial charge in [0.2, 0.25) is 5.91 Å². The van der Waals surface area contributed by atoms with E-state index < -0.39 is 29.3 Å². The minimum atomic E-state index is -1.09. The van der Waals surface area contributed by atoms with Gasteiger partial charge in [0.1, 0.15) is 11.8 Å². The van der Waals surface area contributed by atoms with Crippen molar-refractivity contribution in [3.63, 3.8) is 0 Å². The van der Waals surface area contributed by atoms with E-state index in [2.05, 4.69) is 5.32 Å². The molecule has 2 N–H and O–H groups in total. The molecule has 0 fully saturated rings. The Kier molecular flexibility index (Phi) is 7.71. The Labute approximate surface area is 172 Å². The number of carboxylic acids is 1. The van der Waals surface area contributed by atoms with Gasteiger partial charge in [-0.15, -0.1) is 0 Å². The van der Waals surface area contributed by atoms with Crippen LogP contribution in [0.4, 0.5) is 0 Å². The van der Waals surface area contributed by atoms with E-state index in [0.29, 0.717) is 6.42 Å². The lowest BCUT2D eigenvalue weighted by molar-refractivity contribution is -0.142. The molecule has 2 aromatic rings. The summed E-state index contributed by atoms with van der Waals surface area (Å²) in [5, 5.41) is 12.2. The van der Waals surface area contributed by atoms with Crippen LogP contribution in [0.15, 0.2) is 60.7 Å². The second kappa shape index (κ2) is 10.0. The van der Waals surface area contributed by atoms with Crippen molar-refractivity contribution >= 4 is 17.7 Å². The molecule has 0 aromatic heterocycles. The van der Waals surface area contributed by atoms with Gasteiger partial charge in [-0.2, -0.15) is 0 Å². The van der Waals surface area contributed by atoms with Crippen molar-refractivity contribution in [2.75, 3.05) is 0 Å². The summed E-state index contributed by atoms with van der Waals surface area (Å²) in [7, 11) is 0. The van der Waals surface area contributed by atoms with Crippen molar-refractivity contribution in [2.45, 2.75) is 46.1 Å². The number of carbonyl (C=O) groups excluding carboxylic acids is 2. The summed E-state index contributed by atoms with van der Waals surface area (Å²) >= 11 is 0. The highest BCUT2D eigenvalue weighted by Crippen LogP contribution is 2.22. The first-order valence-corrected chi connectivity index (χ1v) is 9.81. The average Bonchev–Trinajstić information content (AvgIpc) is 2.67. The third-order valence-corrected chi connectivity index (χ3v) is 4.86. The van der Waals surface area contributed by atoms with Gasteiger partial charge < -0.3 is 10.4 Å². The van der Waals surface area contributed by atoms with Crippen LogP contribution in [-0.4, -0.2) is 28.8 Å². The second-order valence-corrected chi connectivity index (χ2v) is 8.35. The number of hydrogen-bond acceptors (Lipinski definition) is 3. The fraction of sp³-hybridized carbons (Fsp3) is 0.375. The van der Waals surface area contributed by atoms with E-state index in [1.165, 1.54) is 0 Å². The zero-order chi connectivity index (χ0) is 21.4. The summed E-state index contributed by atoms with van der Waals surface area (Å²) in [6, 6.07) is 17.6. The number of ketones is 1. The molecule has 2 aromatic carbocycles. The first-order chi connectivity index (χ1) is 13.7. The molecule has 0 heterocycles. The molecule has 0 radical (unpaired) electrons. The van der Waals surface area contributed by atoms with Crippen LogP contribution in [0.2, 0.25) is 0 Å². The number of hydrogen-bond donors (Lipinski definition) is 2. The molecule has 29 heavy (non-hydrogen) atoms. The molecule has 1 amide bonds. The van der Waals surface area contributed by atoms with E-state index in [1.54, 1.807) is 0 Å². The van der Waals surface area contributed by atoms with Gasteiger partial charge in [-0.05, 0) is 17.5 Å². The number of aliphatic carboxylic acids is 1. The van der Waals surface area contributed by atoms with Gasteiger partial charge in [0.25, 0.3) is 0 Å². The Morgan fingerprint density at radius 3 is 1.79 bits per heavy atom. The van der Waals surface area contributed by atoms with Crippen LogP contribution in [0.25, 0.3) is 0 Å². The number of carboxylic acid groups (broad SMARTS) is 1. The van der Waals surface area contributed by atoms with Crippen molar-refractivity contribution < 1.29 is 19.5 Å². The zero-order valence-electron chi connectivity index (χ0n) is 17.2. The summed E-state index contributed by atoms with van der Waals surface area (Å²) in [5.41, 5.74) is 1.20. The predicted octanol–water partition coefficient (Wildman–Crippen LogP) is 3.66. The molecule has 0 spiro atoms. The number of rotatable bonds is 9. The molecule has 0 saturated carbocycles. The third-order valence-electron chi connectivity index (χ3n) is 4.86. The van der Waals surface area contributed by atoms with Crippen LogP contribution >= 0.6 is 0 Å². The fourth-order valence-electron chi connectivity index (χ4n) is 3.03. The molecule has 0 bridgehead atoms. The van der Waals surface area contributed by atoms with Crippen molar-refractivity contribution in [1.82, 2.24) is 5.32 Å². The Morgan fingerprint density at radius 2 is 1.34 bits per heavy atom. The van der Waals surface area contributed by atoms with Crippen LogP contribution < -0.4 is 5.32 Å². The molecule has 0 aliphatic carbocycles. The van der Waals surface area contributed by atoms with Gasteiger partial charge in [0, 0.05) is 24.2 Å². The number of nitrogens with one attached hydrogen (secondary N) is 1. The topological polar surface area (TPSA) is 83.5 Å². The van der Waals surface area contributed by atoms with Crippen LogP contribution in [0.3, 0.4) is 0 Å². The summed E-state index contributed by atoms with van der Waals surface area (Å²) in [5.74, 6) is -2.15.